The SMILES string of the molecule is O=C(OCc1ccccc1)C(=O)OC(=O)[C@H]1CC[C@H](NOCc2ccccc2)CN1. The number of carbonyl (C=O) groups excluding carboxylic acids is 3. The van der Waals surface area contributed by atoms with E-state index < -0.39 is 23.9 Å². The molecule has 8 nitrogen and oxygen atoms in total. The highest BCUT2D eigenvalue weighted by Gasteiger charge is 2.30. The molecule has 0 aromatic heterocycles. The van der Waals surface area contributed by atoms with Crippen molar-refractivity contribution in [1.82, 2.24) is 10.8 Å². The van der Waals surface area contributed by atoms with Gasteiger partial charge in [-0.3, -0.25) is 4.84 Å². The summed E-state index contributed by atoms with van der Waals surface area (Å²) in [4.78, 5) is 41.1. The summed E-state index contributed by atoms with van der Waals surface area (Å²) in [5.41, 5.74) is 4.74. The van der Waals surface area contributed by atoms with Crippen LogP contribution < -0.4 is 10.8 Å². The lowest BCUT2D eigenvalue weighted by atomic mass is 10.0. The van der Waals surface area contributed by atoms with Gasteiger partial charge < -0.3 is 14.8 Å². The minimum Gasteiger partial charge on any atom is -0.452 e. The van der Waals surface area contributed by atoms with Crippen molar-refractivity contribution >= 4 is 17.9 Å². The van der Waals surface area contributed by atoms with E-state index in [1.807, 2.05) is 36.4 Å². The van der Waals surface area contributed by atoms with E-state index in [1.54, 1.807) is 24.3 Å². The van der Waals surface area contributed by atoms with Crippen molar-refractivity contribution in [2.45, 2.75) is 38.1 Å². The van der Waals surface area contributed by atoms with Crippen LogP contribution in [0.15, 0.2) is 60.7 Å². The van der Waals surface area contributed by atoms with Crippen molar-refractivity contribution in [2.24, 2.45) is 0 Å². The summed E-state index contributed by atoms with van der Waals surface area (Å²) in [6.45, 7) is 0.824. The predicted molar refractivity (Wildman–Crippen MR) is 107 cm³/mol. The summed E-state index contributed by atoms with van der Waals surface area (Å²) < 4.78 is 9.51. The van der Waals surface area contributed by atoms with Gasteiger partial charge in [0.15, 0.2) is 0 Å². The average molecular weight is 412 g/mol. The number of hydrogen-bond acceptors (Lipinski definition) is 8. The molecule has 2 atom stereocenters. The van der Waals surface area contributed by atoms with E-state index in [1.165, 1.54) is 0 Å². The monoisotopic (exact) mass is 412 g/mol. The Labute approximate surface area is 174 Å². The molecular weight excluding hydrogens is 388 g/mol. The molecule has 0 unspecified atom stereocenters. The molecule has 0 amide bonds. The van der Waals surface area contributed by atoms with E-state index in [-0.39, 0.29) is 12.6 Å². The molecular formula is C22H24N2O6. The van der Waals surface area contributed by atoms with Crippen LogP contribution in [0.5, 0.6) is 0 Å². The quantitative estimate of drug-likeness (QED) is 0.306. The maximum Gasteiger partial charge on any atom is 0.425 e. The van der Waals surface area contributed by atoms with Crippen molar-refractivity contribution in [3.8, 4) is 0 Å². The van der Waals surface area contributed by atoms with Crippen LogP contribution in [-0.4, -0.2) is 36.5 Å². The van der Waals surface area contributed by atoms with Gasteiger partial charge in [0, 0.05) is 12.6 Å². The summed E-state index contributed by atoms with van der Waals surface area (Å²) in [6.07, 6.45) is 1.09. The third-order valence-electron chi connectivity index (χ3n) is 4.60. The summed E-state index contributed by atoms with van der Waals surface area (Å²) >= 11 is 0. The zero-order valence-electron chi connectivity index (χ0n) is 16.4. The Morgan fingerprint density at radius 1 is 0.867 bits per heavy atom. The Bertz CT molecular complexity index is 835. The van der Waals surface area contributed by atoms with Gasteiger partial charge in [-0.25, -0.2) is 14.4 Å². The molecule has 0 spiro atoms. The molecule has 0 saturated carbocycles. The van der Waals surface area contributed by atoms with Crippen LogP contribution in [-0.2, 0) is 41.9 Å². The molecule has 158 valence electrons. The Morgan fingerprint density at radius 2 is 1.50 bits per heavy atom. The largest absolute Gasteiger partial charge is 0.452 e. The molecule has 3 rings (SSSR count). The molecule has 1 aliphatic rings. The normalized spacial score (nSPS) is 18.4. The Balaban J connectivity index is 1.33. The highest BCUT2D eigenvalue weighted by Crippen LogP contribution is 2.11. The van der Waals surface area contributed by atoms with Gasteiger partial charge in [0.25, 0.3) is 0 Å². The molecule has 2 aromatic carbocycles. The summed E-state index contributed by atoms with van der Waals surface area (Å²) in [5.74, 6) is -3.30. The molecule has 1 saturated heterocycles. The van der Waals surface area contributed by atoms with E-state index in [0.717, 1.165) is 11.1 Å². The maximum absolute atomic E-state index is 12.1. The number of rotatable bonds is 7. The van der Waals surface area contributed by atoms with Gasteiger partial charge in [-0.05, 0) is 24.0 Å². The lowest BCUT2D eigenvalue weighted by molar-refractivity contribution is -0.175. The van der Waals surface area contributed by atoms with Gasteiger partial charge in [0.05, 0.1) is 6.61 Å². The second-order valence-corrected chi connectivity index (χ2v) is 6.90. The third-order valence-corrected chi connectivity index (χ3v) is 4.60. The minimum atomic E-state index is -1.32. The molecule has 1 aliphatic heterocycles. The predicted octanol–water partition coefficient (Wildman–Crippen LogP) is 1.64. The number of benzene rings is 2. The van der Waals surface area contributed by atoms with Gasteiger partial charge in [-0.1, -0.05) is 60.7 Å². The lowest BCUT2D eigenvalue weighted by Gasteiger charge is -2.28. The Kier molecular flexibility index (Phi) is 8.08. The zero-order valence-corrected chi connectivity index (χ0v) is 16.4. The van der Waals surface area contributed by atoms with Crippen molar-refractivity contribution < 1.29 is 28.7 Å². The first-order chi connectivity index (χ1) is 14.6. The number of hydroxylamine groups is 1. The van der Waals surface area contributed by atoms with E-state index in [9.17, 15) is 14.4 Å². The Hall–Kier alpha value is -3.07. The number of piperidine rings is 1. The van der Waals surface area contributed by atoms with Gasteiger partial charge >= 0.3 is 17.9 Å². The fourth-order valence-electron chi connectivity index (χ4n) is 2.96. The first-order valence-corrected chi connectivity index (χ1v) is 9.73. The zero-order chi connectivity index (χ0) is 21.2. The summed E-state index contributed by atoms with van der Waals surface area (Å²) in [7, 11) is 0. The molecule has 30 heavy (non-hydrogen) atoms. The van der Waals surface area contributed by atoms with E-state index >= 15 is 0 Å². The van der Waals surface area contributed by atoms with Crippen LogP contribution in [0.1, 0.15) is 24.0 Å². The molecule has 1 heterocycles. The van der Waals surface area contributed by atoms with Crippen LogP contribution in [0.25, 0.3) is 0 Å². The van der Waals surface area contributed by atoms with Gasteiger partial charge in [-0.2, -0.15) is 5.48 Å². The van der Waals surface area contributed by atoms with E-state index in [4.69, 9.17) is 9.57 Å². The number of ether oxygens (including phenoxy) is 2. The van der Waals surface area contributed by atoms with E-state index in [2.05, 4.69) is 15.5 Å². The molecule has 0 bridgehead atoms. The third kappa shape index (κ3) is 6.77. The van der Waals surface area contributed by atoms with Crippen LogP contribution in [0.2, 0.25) is 0 Å². The molecule has 0 aliphatic carbocycles. The number of esters is 3. The topological polar surface area (TPSA) is 103 Å². The smallest absolute Gasteiger partial charge is 0.425 e. The van der Waals surface area contributed by atoms with Crippen LogP contribution in [0.3, 0.4) is 0 Å². The molecule has 1 fully saturated rings. The van der Waals surface area contributed by atoms with Crippen molar-refractivity contribution in [2.75, 3.05) is 6.54 Å². The summed E-state index contributed by atoms with van der Waals surface area (Å²) in [6, 6.07) is 18.0. The second kappa shape index (κ2) is 11.2. The molecule has 0 radical (unpaired) electrons. The fourth-order valence-corrected chi connectivity index (χ4v) is 2.96. The molecule has 2 aromatic rings. The van der Waals surface area contributed by atoms with E-state index in [0.29, 0.717) is 26.0 Å². The van der Waals surface area contributed by atoms with Crippen LogP contribution >= 0.6 is 0 Å². The number of hydrogen-bond donors (Lipinski definition) is 2. The van der Waals surface area contributed by atoms with Crippen LogP contribution in [0, 0.1) is 0 Å². The second-order valence-electron chi connectivity index (χ2n) is 6.90. The first kappa shape index (κ1) is 21.6. The first-order valence-electron chi connectivity index (χ1n) is 9.73. The highest BCUT2D eigenvalue weighted by atomic mass is 16.6. The minimum absolute atomic E-state index is 0.0179. The van der Waals surface area contributed by atoms with Crippen molar-refractivity contribution in [3.63, 3.8) is 0 Å². The molecule has 8 heteroatoms. The summed E-state index contributed by atoms with van der Waals surface area (Å²) in [5, 5.41) is 3.00. The number of carbonyl (C=O) groups is 3. The van der Waals surface area contributed by atoms with Gasteiger partial charge in [0.1, 0.15) is 12.6 Å². The van der Waals surface area contributed by atoms with Crippen LogP contribution in [0.4, 0.5) is 0 Å². The number of nitrogens with one attached hydrogen (secondary N) is 2. The van der Waals surface area contributed by atoms with Gasteiger partial charge in [-0.15, -0.1) is 0 Å². The maximum atomic E-state index is 12.1. The standard InChI is InChI=1S/C22H24N2O6/c25-20(30-22(27)21(26)28-14-16-7-3-1-4-8-16)19-12-11-18(13-23-19)24-29-15-17-9-5-2-6-10-17/h1-10,18-19,23-24H,11-15H2/t18-,19+/m0/s1. The van der Waals surface area contributed by atoms with Gasteiger partial charge in [0.2, 0.25) is 0 Å². The Morgan fingerprint density at radius 3 is 2.10 bits per heavy atom. The fraction of sp³-hybridized carbons (Fsp3) is 0.318. The highest BCUT2D eigenvalue weighted by molar-refractivity contribution is 6.31. The molecule has 2 N–H and O–H groups in total. The average Bonchev–Trinajstić information content (AvgIpc) is 2.79. The van der Waals surface area contributed by atoms with Crippen molar-refractivity contribution in [1.29, 1.82) is 0 Å². The lowest BCUT2D eigenvalue weighted by Crippen LogP contribution is -2.51. The van der Waals surface area contributed by atoms with Crippen molar-refractivity contribution in [3.05, 3.63) is 71.8 Å².